The van der Waals surface area contributed by atoms with E-state index in [0.29, 0.717) is 10.8 Å². The summed E-state index contributed by atoms with van der Waals surface area (Å²) in [5, 5.41) is 6.20. The van der Waals surface area contributed by atoms with Gasteiger partial charge >= 0.3 is 0 Å². The van der Waals surface area contributed by atoms with Crippen molar-refractivity contribution in [3.8, 4) is 0 Å². The Labute approximate surface area is 114 Å². The molecule has 1 aromatic heterocycles. The summed E-state index contributed by atoms with van der Waals surface area (Å²) in [5.74, 6) is 0.400. The fourth-order valence-electron chi connectivity index (χ4n) is 1.17. The number of pyridine rings is 1. The van der Waals surface area contributed by atoms with Gasteiger partial charge in [0.2, 0.25) is 5.91 Å². The molecular weight excluding hydrogens is 305 g/mol. The van der Waals surface area contributed by atoms with E-state index in [9.17, 15) is 4.79 Å². The first-order valence-electron chi connectivity index (χ1n) is 5.14. The Kier molecular flexibility index (Phi) is 4.77. The smallest absolute Gasteiger partial charge is 0.239 e. The summed E-state index contributed by atoms with van der Waals surface area (Å²) in [6.07, 6.45) is 1.62. The molecule has 2 N–H and O–H groups in total. The maximum atomic E-state index is 11.6. The lowest BCUT2D eigenvalue weighted by Gasteiger charge is -2.20. The lowest BCUT2D eigenvalue weighted by Crippen LogP contribution is -2.43. The van der Waals surface area contributed by atoms with Crippen molar-refractivity contribution >= 4 is 39.3 Å². The van der Waals surface area contributed by atoms with Crippen LogP contribution >= 0.6 is 27.5 Å². The second-order valence-electron chi connectivity index (χ2n) is 4.64. The van der Waals surface area contributed by atoms with Gasteiger partial charge in [-0.05, 0) is 42.8 Å². The van der Waals surface area contributed by atoms with Crippen molar-refractivity contribution in [1.82, 2.24) is 10.3 Å². The van der Waals surface area contributed by atoms with Gasteiger partial charge in [0.1, 0.15) is 5.82 Å². The van der Waals surface area contributed by atoms with Crippen LogP contribution in [0.5, 0.6) is 0 Å². The zero-order chi connectivity index (χ0) is 13.1. The third kappa shape index (κ3) is 5.37. The molecule has 0 radical (unpaired) electrons. The molecule has 17 heavy (non-hydrogen) atoms. The Morgan fingerprint density at radius 3 is 2.71 bits per heavy atom. The Bertz CT molecular complexity index is 418. The summed E-state index contributed by atoms with van der Waals surface area (Å²) in [6.45, 7) is 5.92. The Hall–Kier alpha value is -0.810. The van der Waals surface area contributed by atoms with Crippen molar-refractivity contribution in [2.24, 2.45) is 0 Å². The van der Waals surface area contributed by atoms with Gasteiger partial charge < -0.3 is 10.6 Å². The number of carbonyl (C=O) groups is 1. The molecule has 4 nitrogen and oxygen atoms in total. The van der Waals surface area contributed by atoms with Gasteiger partial charge in [-0.1, -0.05) is 11.6 Å². The molecule has 6 heteroatoms. The van der Waals surface area contributed by atoms with Crippen molar-refractivity contribution in [2.45, 2.75) is 26.3 Å². The molecule has 0 atom stereocenters. The molecule has 1 amide bonds. The second kappa shape index (κ2) is 5.69. The lowest BCUT2D eigenvalue weighted by molar-refractivity contribution is -0.120. The largest absolute Gasteiger partial charge is 0.360 e. The zero-order valence-corrected chi connectivity index (χ0v) is 12.3. The minimum atomic E-state index is -0.240. The summed E-state index contributed by atoms with van der Waals surface area (Å²) >= 11 is 9.22. The molecule has 1 aromatic rings. The summed E-state index contributed by atoms with van der Waals surface area (Å²) in [4.78, 5) is 15.6. The van der Waals surface area contributed by atoms with E-state index in [0.717, 1.165) is 4.47 Å². The SMILES string of the molecule is CC(C)(C)NC(=O)CNc1ncc(Br)cc1Cl. The van der Waals surface area contributed by atoms with Crippen LogP contribution in [0, 0.1) is 0 Å². The number of rotatable bonds is 3. The van der Waals surface area contributed by atoms with E-state index in [4.69, 9.17) is 11.6 Å². The van der Waals surface area contributed by atoms with E-state index in [-0.39, 0.29) is 18.0 Å². The molecule has 0 aliphatic carbocycles. The van der Waals surface area contributed by atoms with Crippen molar-refractivity contribution in [3.63, 3.8) is 0 Å². The van der Waals surface area contributed by atoms with Crippen LogP contribution in [0.25, 0.3) is 0 Å². The Morgan fingerprint density at radius 2 is 2.18 bits per heavy atom. The average molecular weight is 321 g/mol. The molecule has 1 rings (SSSR count). The summed E-state index contributed by atoms with van der Waals surface area (Å²) < 4.78 is 0.798. The first-order chi connectivity index (χ1) is 7.78. The first-order valence-corrected chi connectivity index (χ1v) is 6.31. The van der Waals surface area contributed by atoms with E-state index in [1.165, 1.54) is 0 Å². The molecule has 0 aliphatic heterocycles. The van der Waals surface area contributed by atoms with Crippen molar-refractivity contribution in [2.75, 3.05) is 11.9 Å². The van der Waals surface area contributed by atoms with Crippen LogP contribution in [-0.2, 0) is 4.79 Å². The zero-order valence-electron chi connectivity index (χ0n) is 9.97. The molecule has 0 spiro atoms. The van der Waals surface area contributed by atoms with E-state index >= 15 is 0 Å². The van der Waals surface area contributed by atoms with Crippen molar-refractivity contribution in [3.05, 3.63) is 21.8 Å². The number of nitrogens with zero attached hydrogens (tertiary/aromatic N) is 1. The maximum Gasteiger partial charge on any atom is 0.239 e. The average Bonchev–Trinajstić information content (AvgIpc) is 2.13. The van der Waals surface area contributed by atoms with Crippen LogP contribution in [0.15, 0.2) is 16.7 Å². The van der Waals surface area contributed by atoms with Gasteiger partial charge in [0.25, 0.3) is 0 Å². The van der Waals surface area contributed by atoms with Crippen LogP contribution in [0.4, 0.5) is 5.82 Å². The van der Waals surface area contributed by atoms with Crippen LogP contribution in [0.3, 0.4) is 0 Å². The normalized spacial score (nSPS) is 11.1. The minimum absolute atomic E-state index is 0.0988. The van der Waals surface area contributed by atoms with Gasteiger partial charge in [0.05, 0.1) is 11.6 Å². The standard InChI is InChI=1S/C11H15BrClN3O/c1-11(2,3)16-9(17)6-15-10-8(13)4-7(12)5-14-10/h4-5H,6H2,1-3H3,(H,14,15)(H,16,17). The number of aromatic nitrogens is 1. The number of hydrogen-bond donors (Lipinski definition) is 2. The third-order valence-electron chi connectivity index (χ3n) is 1.74. The Balaban J connectivity index is 2.53. The number of amides is 1. The van der Waals surface area contributed by atoms with E-state index < -0.39 is 0 Å². The summed E-state index contributed by atoms with van der Waals surface area (Å²) in [5.41, 5.74) is -0.240. The second-order valence-corrected chi connectivity index (χ2v) is 5.96. The van der Waals surface area contributed by atoms with E-state index in [2.05, 4.69) is 31.5 Å². The number of halogens is 2. The molecule has 94 valence electrons. The Morgan fingerprint density at radius 1 is 1.53 bits per heavy atom. The number of hydrogen-bond acceptors (Lipinski definition) is 3. The molecule has 0 unspecified atom stereocenters. The molecule has 0 saturated heterocycles. The molecule has 1 heterocycles. The highest BCUT2D eigenvalue weighted by Gasteiger charge is 2.13. The molecule has 0 aliphatic rings. The first kappa shape index (κ1) is 14.3. The van der Waals surface area contributed by atoms with Gasteiger partial charge in [0.15, 0.2) is 0 Å². The van der Waals surface area contributed by atoms with Gasteiger partial charge in [0, 0.05) is 16.2 Å². The van der Waals surface area contributed by atoms with E-state index in [1.807, 2.05) is 20.8 Å². The van der Waals surface area contributed by atoms with Crippen LogP contribution in [-0.4, -0.2) is 23.0 Å². The topological polar surface area (TPSA) is 54.0 Å². The van der Waals surface area contributed by atoms with Crippen LogP contribution in [0.1, 0.15) is 20.8 Å². The molecular formula is C11H15BrClN3O. The summed E-state index contributed by atoms with van der Waals surface area (Å²) in [6, 6.07) is 1.72. The van der Waals surface area contributed by atoms with Gasteiger partial charge in [-0.3, -0.25) is 4.79 Å². The van der Waals surface area contributed by atoms with Crippen molar-refractivity contribution < 1.29 is 4.79 Å². The number of nitrogens with one attached hydrogen (secondary N) is 2. The maximum absolute atomic E-state index is 11.6. The number of anilines is 1. The molecule has 0 aromatic carbocycles. The van der Waals surface area contributed by atoms with Crippen LogP contribution in [0.2, 0.25) is 5.02 Å². The monoisotopic (exact) mass is 319 g/mol. The van der Waals surface area contributed by atoms with E-state index in [1.54, 1.807) is 12.3 Å². The fraction of sp³-hybridized carbons (Fsp3) is 0.455. The van der Waals surface area contributed by atoms with Crippen molar-refractivity contribution in [1.29, 1.82) is 0 Å². The summed E-state index contributed by atoms with van der Waals surface area (Å²) in [7, 11) is 0. The molecule has 0 bridgehead atoms. The lowest BCUT2D eigenvalue weighted by atomic mass is 10.1. The molecule has 0 saturated carbocycles. The predicted octanol–water partition coefficient (Wildman–Crippen LogP) is 2.82. The van der Waals surface area contributed by atoms with Gasteiger partial charge in [-0.25, -0.2) is 4.98 Å². The highest BCUT2D eigenvalue weighted by Crippen LogP contribution is 2.22. The van der Waals surface area contributed by atoms with Crippen LogP contribution < -0.4 is 10.6 Å². The van der Waals surface area contributed by atoms with Gasteiger partial charge in [-0.2, -0.15) is 0 Å². The number of carbonyl (C=O) groups excluding carboxylic acids is 1. The third-order valence-corrected chi connectivity index (χ3v) is 2.46. The highest BCUT2D eigenvalue weighted by atomic mass is 79.9. The molecule has 0 fully saturated rings. The predicted molar refractivity (Wildman–Crippen MR) is 73.3 cm³/mol. The quantitative estimate of drug-likeness (QED) is 0.900. The minimum Gasteiger partial charge on any atom is -0.360 e. The van der Waals surface area contributed by atoms with Gasteiger partial charge in [-0.15, -0.1) is 0 Å². The fourth-order valence-corrected chi connectivity index (χ4v) is 1.87. The highest BCUT2D eigenvalue weighted by molar-refractivity contribution is 9.10.